The zero-order valence-electron chi connectivity index (χ0n) is 31.8. The zero-order chi connectivity index (χ0) is 37.9. The van der Waals surface area contributed by atoms with Gasteiger partial charge in [0, 0.05) is 61.8 Å². The molecule has 0 fully saturated rings. The Morgan fingerprint density at radius 1 is 0.569 bits per heavy atom. The van der Waals surface area contributed by atoms with Gasteiger partial charge in [-0.1, -0.05) is 78.9 Å². The molecule has 2 aliphatic carbocycles. The third-order valence-corrected chi connectivity index (χ3v) is 13.1. The zero-order valence-corrected chi connectivity index (χ0v) is 31.8. The molecular formula is C53H38N4O. The number of hydrogen-bond donors (Lipinski definition) is 0. The number of fused-ring (bicyclic) bond motifs is 12. The lowest BCUT2D eigenvalue weighted by atomic mass is 9.87. The van der Waals surface area contributed by atoms with Crippen molar-refractivity contribution in [1.82, 2.24) is 14.1 Å². The van der Waals surface area contributed by atoms with Crippen LogP contribution in [-0.4, -0.2) is 20.2 Å². The fourth-order valence-corrected chi connectivity index (χ4v) is 10.6. The van der Waals surface area contributed by atoms with Crippen LogP contribution in [0.4, 0.5) is 11.4 Å². The Morgan fingerprint density at radius 3 is 2.09 bits per heavy atom. The molecule has 0 spiro atoms. The van der Waals surface area contributed by atoms with E-state index < -0.39 is 0 Å². The highest BCUT2D eigenvalue weighted by atomic mass is 16.3. The molecule has 10 aromatic rings. The molecule has 5 nitrogen and oxygen atoms in total. The van der Waals surface area contributed by atoms with Gasteiger partial charge in [0.1, 0.15) is 11.2 Å². The van der Waals surface area contributed by atoms with Crippen LogP contribution in [0.15, 0.2) is 168 Å². The summed E-state index contributed by atoms with van der Waals surface area (Å²) >= 11 is 0. The van der Waals surface area contributed by atoms with Gasteiger partial charge in [0.25, 0.3) is 0 Å². The molecule has 0 saturated carbocycles. The number of nitrogens with zero attached hydrogens (tertiary/aromatic N) is 4. The number of anilines is 2. The van der Waals surface area contributed by atoms with Crippen LogP contribution in [0.3, 0.4) is 0 Å². The van der Waals surface area contributed by atoms with Crippen LogP contribution in [0.1, 0.15) is 42.0 Å². The maximum absolute atomic E-state index is 6.55. The minimum atomic E-state index is 0.284. The van der Waals surface area contributed by atoms with Gasteiger partial charge in [0.2, 0.25) is 0 Å². The molecule has 5 heteroatoms. The van der Waals surface area contributed by atoms with E-state index in [4.69, 9.17) is 4.42 Å². The predicted octanol–water partition coefficient (Wildman–Crippen LogP) is 13.6. The van der Waals surface area contributed by atoms with Crippen molar-refractivity contribution in [1.29, 1.82) is 0 Å². The Morgan fingerprint density at radius 2 is 1.28 bits per heavy atom. The minimum absolute atomic E-state index is 0.284. The first-order valence-corrected chi connectivity index (χ1v) is 20.6. The summed E-state index contributed by atoms with van der Waals surface area (Å²) in [5.41, 5.74) is 16.5. The van der Waals surface area contributed by atoms with E-state index in [9.17, 15) is 0 Å². The molecule has 0 N–H and O–H groups in total. The van der Waals surface area contributed by atoms with Crippen molar-refractivity contribution < 1.29 is 4.42 Å². The first-order valence-electron chi connectivity index (χ1n) is 20.6. The third-order valence-electron chi connectivity index (χ3n) is 13.1. The first kappa shape index (κ1) is 32.0. The summed E-state index contributed by atoms with van der Waals surface area (Å²) in [6.45, 7) is 0. The van der Waals surface area contributed by atoms with Crippen molar-refractivity contribution in [3.63, 3.8) is 0 Å². The van der Waals surface area contributed by atoms with Crippen LogP contribution in [0.2, 0.25) is 0 Å². The van der Waals surface area contributed by atoms with Gasteiger partial charge in [-0.3, -0.25) is 4.98 Å². The monoisotopic (exact) mass is 746 g/mol. The fraction of sp³-hybridized carbons (Fsp3) is 0.113. The molecule has 5 heterocycles. The lowest BCUT2D eigenvalue weighted by molar-refractivity contribution is 0.573. The topological polar surface area (TPSA) is 39.1 Å². The molecule has 0 saturated heterocycles. The summed E-state index contributed by atoms with van der Waals surface area (Å²) in [7, 11) is 0. The van der Waals surface area contributed by atoms with Crippen molar-refractivity contribution in [2.24, 2.45) is 0 Å². The van der Waals surface area contributed by atoms with Crippen molar-refractivity contribution in [3.05, 3.63) is 181 Å². The average molecular weight is 747 g/mol. The Labute approximate surface area is 335 Å². The van der Waals surface area contributed by atoms with Crippen molar-refractivity contribution in [2.45, 2.75) is 37.6 Å². The summed E-state index contributed by atoms with van der Waals surface area (Å²) in [5.74, 6) is 0.473. The molecule has 0 bridgehead atoms. The van der Waals surface area contributed by atoms with Crippen molar-refractivity contribution >= 4 is 72.1 Å². The molecule has 2 atom stereocenters. The number of aromatic nitrogens is 3. The van der Waals surface area contributed by atoms with Gasteiger partial charge < -0.3 is 18.5 Å². The number of hydrogen-bond acceptors (Lipinski definition) is 3. The van der Waals surface area contributed by atoms with Gasteiger partial charge in [-0.2, -0.15) is 0 Å². The Hall–Kier alpha value is -7.11. The average Bonchev–Trinajstić information content (AvgIpc) is 4.02. The Bertz CT molecular complexity index is 3340. The van der Waals surface area contributed by atoms with E-state index in [1.165, 1.54) is 60.9 Å². The molecule has 2 unspecified atom stereocenters. The highest BCUT2D eigenvalue weighted by Crippen LogP contribution is 2.50. The van der Waals surface area contributed by atoms with Crippen molar-refractivity contribution in [2.75, 3.05) is 4.90 Å². The molecule has 1 aliphatic heterocycles. The summed E-state index contributed by atoms with van der Waals surface area (Å²) < 4.78 is 11.5. The number of aryl methyl sites for hydroxylation is 1. The van der Waals surface area contributed by atoms with Crippen LogP contribution >= 0.6 is 0 Å². The van der Waals surface area contributed by atoms with Gasteiger partial charge in [-0.05, 0) is 127 Å². The van der Waals surface area contributed by atoms with Crippen LogP contribution < -0.4 is 4.90 Å². The van der Waals surface area contributed by atoms with Crippen LogP contribution in [0.5, 0.6) is 0 Å². The number of furan rings is 1. The number of rotatable bonds is 4. The molecular weight excluding hydrogens is 709 g/mol. The van der Waals surface area contributed by atoms with Crippen molar-refractivity contribution in [3.8, 4) is 22.5 Å². The van der Waals surface area contributed by atoms with Gasteiger partial charge in [-0.25, -0.2) is 0 Å². The van der Waals surface area contributed by atoms with Gasteiger partial charge in [0.05, 0.1) is 34.5 Å². The summed E-state index contributed by atoms with van der Waals surface area (Å²) in [6, 6.07) is 49.5. The second kappa shape index (κ2) is 12.2. The quantitative estimate of drug-likeness (QED) is 0.168. The molecule has 276 valence electrons. The molecule has 13 rings (SSSR count). The number of pyridine rings is 1. The summed E-state index contributed by atoms with van der Waals surface area (Å²) in [6.07, 6.45) is 17.7. The van der Waals surface area contributed by atoms with Crippen LogP contribution in [-0.2, 0) is 6.42 Å². The maximum atomic E-state index is 6.55. The predicted molar refractivity (Wildman–Crippen MR) is 239 cm³/mol. The van der Waals surface area contributed by atoms with Gasteiger partial charge in [0.15, 0.2) is 0 Å². The SMILES string of the molecule is C1=Cc2c(c3ccccc3n2-c2cc(-c3ccc4oc5ccc(N6c7cnccc7C7CCC=CC76)cc5c4c3)cc(-n3c4ccccc4c4ccccc43)c2)CC1. The van der Waals surface area contributed by atoms with E-state index in [2.05, 4.69) is 177 Å². The normalized spacial score (nSPS) is 17.2. The molecule has 0 amide bonds. The minimum Gasteiger partial charge on any atom is -0.456 e. The first-order chi connectivity index (χ1) is 28.8. The van der Waals surface area contributed by atoms with E-state index in [1.54, 1.807) is 0 Å². The molecule has 58 heavy (non-hydrogen) atoms. The number of benzene rings is 6. The summed E-state index contributed by atoms with van der Waals surface area (Å²) in [4.78, 5) is 7.06. The standard InChI is InChI=1S/C53H38N4O/c1-7-17-47-38(11-1)39-12-2-8-18-48(39)56(47)36-27-34(28-37(30-36)57-49-19-9-3-13-40(49)41-14-4-10-20-50(41)57)33-21-23-52-44(29-33)45-31-35(22-24-53(45)58-52)55-46-16-6-5-15-42(46)43-25-26-54-32-51(43)55/h1-3,6-13,16-32,42,46H,4-5,14-15H2. The second-order valence-corrected chi connectivity index (χ2v) is 16.2. The van der Waals surface area contributed by atoms with E-state index in [1.807, 2.05) is 12.4 Å². The Kier molecular flexibility index (Phi) is 6.73. The largest absolute Gasteiger partial charge is 0.456 e. The van der Waals surface area contributed by atoms with Crippen LogP contribution in [0.25, 0.3) is 83.2 Å². The smallest absolute Gasteiger partial charge is 0.135 e. The van der Waals surface area contributed by atoms with Gasteiger partial charge in [-0.15, -0.1) is 0 Å². The van der Waals surface area contributed by atoms with Crippen LogP contribution in [0, 0.1) is 0 Å². The van der Waals surface area contributed by atoms with Gasteiger partial charge >= 0.3 is 0 Å². The molecule has 3 aliphatic rings. The number of allylic oxidation sites excluding steroid dienone is 2. The lowest BCUT2D eigenvalue weighted by Gasteiger charge is -2.30. The summed E-state index contributed by atoms with van der Waals surface area (Å²) in [5, 5.41) is 6.08. The molecule has 6 aromatic carbocycles. The highest BCUT2D eigenvalue weighted by Gasteiger charge is 2.39. The molecule has 0 radical (unpaired) electrons. The highest BCUT2D eigenvalue weighted by molar-refractivity contribution is 6.10. The maximum Gasteiger partial charge on any atom is 0.135 e. The van der Waals surface area contributed by atoms with E-state index in [-0.39, 0.29) is 6.04 Å². The van der Waals surface area contributed by atoms with E-state index in [0.29, 0.717) is 5.92 Å². The molecule has 4 aromatic heterocycles. The lowest BCUT2D eigenvalue weighted by Crippen LogP contribution is -2.29. The third kappa shape index (κ3) is 4.56. The number of para-hydroxylation sites is 3. The Balaban J connectivity index is 1.04. The van der Waals surface area contributed by atoms with E-state index >= 15 is 0 Å². The van der Waals surface area contributed by atoms with E-state index in [0.717, 1.165) is 70.1 Å². The second-order valence-electron chi connectivity index (χ2n) is 16.2. The fourth-order valence-electron chi connectivity index (χ4n) is 10.6.